The topological polar surface area (TPSA) is 89.3 Å². The Morgan fingerprint density at radius 3 is 2.53 bits per heavy atom. The molecule has 144 valence electrons. The third-order valence-corrected chi connectivity index (χ3v) is 4.58. The van der Waals surface area contributed by atoms with E-state index in [1.165, 1.54) is 12.1 Å². The second kappa shape index (κ2) is 7.88. The smallest absolute Gasteiger partial charge is 0.366 e. The van der Waals surface area contributed by atoms with Crippen LogP contribution in [-0.2, 0) is 0 Å². The number of aryl methyl sites for hydroxylation is 1. The highest BCUT2D eigenvalue weighted by Gasteiger charge is 2.18. The molecule has 6 nitrogen and oxygen atoms in total. The van der Waals surface area contributed by atoms with E-state index < -0.39 is 5.91 Å². The SMILES string of the molecule is Cc1ccc2c(c1)=[N+]=C[N+]=2C#Cc1cccc(NC(=O)c2ccc(C(N)=O)cc2)c1. The first-order valence-corrected chi connectivity index (χ1v) is 9.26. The summed E-state index contributed by atoms with van der Waals surface area (Å²) < 4.78 is 6.15. The molecule has 0 saturated carbocycles. The summed E-state index contributed by atoms with van der Waals surface area (Å²) >= 11 is 0. The number of amides is 2. The van der Waals surface area contributed by atoms with Crippen molar-refractivity contribution >= 4 is 23.8 Å². The van der Waals surface area contributed by atoms with Crippen molar-refractivity contribution in [2.24, 2.45) is 5.73 Å². The molecule has 0 atom stereocenters. The fourth-order valence-electron chi connectivity index (χ4n) is 3.00. The molecule has 4 rings (SSSR count). The highest BCUT2D eigenvalue weighted by Crippen LogP contribution is 2.12. The number of hydrogen-bond acceptors (Lipinski definition) is 2. The summed E-state index contributed by atoms with van der Waals surface area (Å²) in [5.41, 5.74) is 8.53. The average molecular weight is 394 g/mol. The van der Waals surface area contributed by atoms with Crippen LogP contribution in [0.1, 0.15) is 31.8 Å². The molecule has 0 radical (unpaired) electrons. The summed E-state index contributed by atoms with van der Waals surface area (Å²) in [7, 11) is 0. The Balaban J connectivity index is 1.53. The van der Waals surface area contributed by atoms with Gasteiger partial charge in [-0.05, 0) is 64.2 Å². The molecule has 0 aliphatic carbocycles. The molecule has 6 heteroatoms. The lowest BCUT2D eigenvalue weighted by Crippen LogP contribution is -2.32. The molecule has 0 saturated heterocycles. The van der Waals surface area contributed by atoms with Crippen molar-refractivity contribution in [2.45, 2.75) is 6.92 Å². The third kappa shape index (κ3) is 4.02. The number of carbonyl (C=O) groups excluding carboxylic acids is 2. The fourth-order valence-corrected chi connectivity index (χ4v) is 3.00. The Labute approximate surface area is 172 Å². The number of fused-ring (bicyclic) bond motifs is 1. The van der Waals surface area contributed by atoms with E-state index in [-0.39, 0.29) is 5.91 Å². The van der Waals surface area contributed by atoms with E-state index in [9.17, 15) is 9.59 Å². The van der Waals surface area contributed by atoms with Gasteiger partial charge in [-0.1, -0.05) is 12.1 Å². The van der Waals surface area contributed by atoms with Crippen LogP contribution >= 0.6 is 0 Å². The summed E-state index contributed by atoms with van der Waals surface area (Å²) in [4.78, 5) is 23.6. The summed E-state index contributed by atoms with van der Waals surface area (Å²) in [5, 5.41) is 4.67. The molecule has 0 unspecified atom stereocenters. The monoisotopic (exact) mass is 394 g/mol. The Morgan fingerprint density at radius 2 is 1.77 bits per heavy atom. The number of anilines is 1. The van der Waals surface area contributed by atoms with Crippen LogP contribution in [0.3, 0.4) is 0 Å². The van der Waals surface area contributed by atoms with Crippen LogP contribution in [0.15, 0.2) is 66.7 Å². The number of nitrogens with zero attached hydrogens (tertiary/aromatic N) is 2. The van der Waals surface area contributed by atoms with Gasteiger partial charge < -0.3 is 11.1 Å². The van der Waals surface area contributed by atoms with Gasteiger partial charge in [0.05, 0.1) is 0 Å². The lowest BCUT2D eigenvalue weighted by Gasteiger charge is -2.06. The first kappa shape index (κ1) is 18.9. The summed E-state index contributed by atoms with van der Waals surface area (Å²) in [5.74, 6) is 2.28. The fraction of sp³-hybridized carbons (Fsp3) is 0.0417. The molecule has 2 amide bonds. The van der Waals surface area contributed by atoms with Crippen molar-refractivity contribution in [3.05, 3.63) is 99.7 Å². The molecule has 0 fully saturated rings. The zero-order valence-corrected chi connectivity index (χ0v) is 16.2. The standard InChI is InChI=1S/C24H16N4O2/c1-16-5-10-22-21(13-16)26-15-28(22)12-11-17-3-2-4-20(14-17)27-24(30)19-8-6-18(7-9-19)23(25)29/h2-10,13-15H,1H3,(H-2,25,27,29,30)/p+2. The maximum absolute atomic E-state index is 12.4. The van der Waals surface area contributed by atoms with Gasteiger partial charge in [0.1, 0.15) is 0 Å². The minimum Gasteiger partial charge on any atom is -0.366 e. The lowest BCUT2D eigenvalue weighted by atomic mass is 10.1. The molecule has 3 N–H and O–H groups in total. The van der Waals surface area contributed by atoms with E-state index >= 15 is 0 Å². The van der Waals surface area contributed by atoms with E-state index in [0.717, 1.165) is 21.8 Å². The second-order valence-electron chi connectivity index (χ2n) is 6.82. The molecule has 3 aromatic rings. The van der Waals surface area contributed by atoms with Gasteiger partial charge >= 0.3 is 17.1 Å². The number of rotatable bonds is 3. The number of primary amides is 1. The van der Waals surface area contributed by atoms with Crippen molar-refractivity contribution < 1.29 is 9.59 Å². The Bertz CT molecular complexity index is 1400. The minimum absolute atomic E-state index is 0.285. The molecule has 3 aromatic carbocycles. The van der Waals surface area contributed by atoms with Gasteiger partial charge in [-0.2, -0.15) is 0 Å². The number of nitrogens with one attached hydrogen (secondary N) is 1. The van der Waals surface area contributed by atoms with Crippen molar-refractivity contribution in [1.29, 1.82) is 0 Å². The van der Waals surface area contributed by atoms with Gasteiger partial charge in [0.15, 0.2) is 0 Å². The molecule has 0 spiro atoms. The van der Waals surface area contributed by atoms with Crippen LogP contribution in [0.25, 0.3) is 0 Å². The second-order valence-corrected chi connectivity index (χ2v) is 6.82. The first-order valence-electron chi connectivity index (χ1n) is 9.26. The number of nitrogens with two attached hydrogens (primary N) is 1. The minimum atomic E-state index is -0.533. The third-order valence-electron chi connectivity index (χ3n) is 4.58. The molecule has 1 heterocycles. The van der Waals surface area contributed by atoms with Crippen LogP contribution in [0, 0.1) is 18.9 Å². The van der Waals surface area contributed by atoms with Crippen LogP contribution in [0.2, 0.25) is 0 Å². The Kier molecular flexibility index (Phi) is 4.96. The molecular weight excluding hydrogens is 376 g/mol. The van der Waals surface area contributed by atoms with E-state index in [0.29, 0.717) is 16.8 Å². The molecule has 30 heavy (non-hydrogen) atoms. The lowest BCUT2D eigenvalue weighted by molar-refractivity contribution is 0.0995. The molecule has 0 bridgehead atoms. The van der Waals surface area contributed by atoms with E-state index in [1.807, 2.05) is 37.3 Å². The normalized spacial score (nSPS) is 11.2. The summed E-state index contributed by atoms with van der Waals surface area (Å²) in [6.07, 6.45) is 1.69. The summed E-state index contributed by atoms with van der Waals surface area (Å²) in [6, 6.07) is 22.6. The van der Waals surface area contributed by atoms with Gasteiger partial charge in [-0.15, -0.1) is 0 Å². The Morgan fingerprint density at radius 1 is 1.00 bits per heavy atom. The van der Waals surface area contributed by atoms with Crippen LogP contribution in [-0.4, -0.2) is 18.2 Å². The van der Waals surface area contributed by atoms with Crippen LogP contribution in [0.5, 0.6) is 0 Å². The number of benzene rings is 3. The maximum Gasteiger partial charge on any atom is 0.537 e. The Hall–Kier alpha value is -4.46. The maximum atomic E-state index is 12.4. The van der Waals surface area contributed by atoms with Gasteiger partial charge in [0, 0.05) is 40.4 Å². The van der Waals surface area contributed by atoms with Gasteiger partial charge in [0.25, 0.3) is 5.91 Å². The highest BCUT2D eigenvalue weighted by molar-refractivity contribution is 6.05. The zero-order chi connectivity index (χ0) is 21.1. The van der Waals surface area contributed by atoms with E-state index in [4.69, 9.17) is 5.73 Å². The number of carbonyl (C=O) groups is 2. The molecule has 1 aliphatic rings. The van der Waals surface area contributed by atoms with Crippen LogP contribution in [0.4, 0.5) is 5.69 Å². The highest BCUT2D eigenvalue weighted by atomic mass is 16.2. The molecule has 0 aromatic heterocycles. The van der Waals surface area contributed by atoms with Crippen molar-refractivity contribution in [2.75, 3.05) is 5.32 Å². The van der Waals surface area contributed by atoms with Crippen molar-refractivity contribution in [3.63, 3.8) is 0 Å². The predicted molar refractivity (Wildman–Crippen MR) is 115 cm³/mol. The van der Waals surface area contributed by atoms with E-state index in [2.05, 4.69) is 21.9 Å². The largest absolute Gasteiger partial charge is 0.537 e. The van der Waals surface area contributed by atoms with Gasteiger partial charge in [-0.25, -0.2) is 0 Å². The van der Waals surface area contributed by atoms with Gasteiger partial charge in [-0.3, -0.25) is 9.59 Å². The van der Waals surface area contributed by atoms with Crippen molar-refractivity contribution in [3.8, 4) is 12.0 Å². The average Bonchev–Trinajstić information content (AvgIpc) is 3.14. The molecule has 1 aliphatic heterocycles. The molecular formula is C24H18N4O2+2. The van der Waals surface area contributed by atoms with Crippen LogP contribution < -0.4 is 31.0 Å². The van der Waals surface area contributed by atoms with Gasteiger partial charge in [0.2, 0.25) is 12.0 Å². The predicted octanol–water partition coefficient (Wildman–Crippen LogP) is 0.575. The zero-order valence-electron chi connectivity index (χ0n) is 16.2. The summed E-state index contributed by atoms with van der Waals surface area (Å²) in [6.45, 7) is 2.02. The number of hydrogen-bond donors (Lipinski definition) is 2. The van der Waals surface area contributed by atoms with E-state index in [1.54, 1.807) is 35.2 Å². The first-order chi connectivity index (χ1) is 14.5. The quantitative estimate of drug-likeness (QED) is 0.387. The van der Waals surface area contributed by atoms with Crippen molar-refractivity contribution in [1.82, 2.24) is 9.24 Å².